The SMILES string of the molecule is CC(C)N1CCC(N(C)C(=O)C2COCCN2)CC1.Cl.Cl. The Balaban J connectivity index is 0.00000200. The van der Waals surface area contributed by atoms with Crippen LogP contribution in [0.5, 0.6) is 0 Å². The first-order valence-corrected chi connectivity index (χ1v) is 7.41. The number of amides is 1. The molecule has 0 spiro atoms. The van der Waals surface area contributed by atoms with Crippen molar-refractivity contribution in [2.45, 2.75) is 44.8 Å². The molecule has 2 fully saturated rings. The molecule has 2 heterocycles. The van der Waals surface area contributed by atoms with Crippen LogP contribution >= 0.6 is 24.8 Å². The number of carbonyl (C=O) groups excluding carboxylic acids is 1. The van der Waals surface area contributed by atoms with E-state index in [0.29, 0.717) is 25.3 Å². The average molecular weight is 342 g/mol. The summed E-state index contributed by atoms with van der Waals surface area (Å²) in [7, 11) is 1.94. The van der Waals surface area contributed by atoms with E-state index in [1.807, 2.05) is 11.9 Å². The van der Waals surface area contributed by atoms with Gasteiger partial charge in [-0.2, -0.15) is 0 Å². The van der Waals surface area contributed by atoms with Gasteiger partial charge in [0.1, 0.15) is 6.04 Å². The summed E-state index contributed by atoms with van der Waals surface area (Å²) in [6, 6.07) is 0.837. The van der Waals surface area contributed by atoms with Crippen molar-refractivity contribution < 1.29 is 9.53 Å². The average Bonchev–Trinajstić information content (AvgIpc) is 2.46. The van der Waals surface area contributed by atoms with E-state index < -0.39 is 0 Å². The molecule has 1 unspecified atom stereocenters. The maximum atomic E-state index is 12.4. The number of ether oxygens (including phenoxy) is 1. The van der Waals surface area contributed by atoms with Crippen LogP contribution in [-0.2, 0) is 9.53 Å². The Bertz CT molecular complexity index is 305. The summed E-state index contributed by atoms with van der Waals surface area (Å²) >= 11 is 0. The molecule has 0 radical (unpaired) electrons. The highest BCUT2D eigenvalue weighted by Crippen LogP contribution is 2.18. The number of rotatable bonds is 3. The Kier molecular flexibility index (Phi) is 9.81. The molecule has 7 heteroatoms. The Labute approximate surface area is 140 Å². The van der Waals surface area contributed by atoms with Gasteiger partial charge in [-0.05, 0) is 26.7 Å². The Morgan fingerprint density at radius 1 is 1.29 bits per heavy atom. The molecule has 1 atom stereocenters. The number of nitrogens with zero attached hydrogens (tertiary/aromatic N) is 2. The number of carbonyl (C=O) groups is 1. The van der Waals surface area contributed by atoms with E-state index in [4.69, 9.17) is 4.74 Å². The van der Waals surface area contributed by atoms with Gasteiger partial charge in [0, 0.05) is 38.8 Å². The minimum absolute atomic E-state index is 0. The van der Waals surface area contributed by atoms with Gasteiger partial charge in [0.05, 0.1) is 13.2 Å². The van der Waals surface area contributed by atoms with Crippen LogP contribution in [0.2, 0.25) is 0 Å². The molecule has 0 aliphatic carbocycles. The molecule has 1 amide bonds. The monoisotopic (exact) mass is 341 g/mol. The molecule has 0 bridgehead atoms. The van der Waals surface area contributed by atoms with Gasteiger partial charge < -0.3 is 19.9 Å². The van der Waals surface area contributed by atoms with Crippen molar-refractivity contribution in [3.05, 3.63) is 0 Å². The van der Waals surface area contributed by atoms with Gasteiger partial charge in [-0.25, -0.2) is 0 Å². The van der Waals surface area contributed by atoms with Crippen molar-refractivity contribution in [1.29, 1.82) is 0 Å². The Morgan fingerprint density at radius 3 is 2.38 bits per heavy atom. The van der Waals surface area contributed by atoms with Crippen molar-refractivity contribution in [3.8, 4) is 0 Å². The molecule has 0 aromatic heterocycles. The third-order valence-corrected chi connectivity index (χ3v) is 4.34. The highest BCUT2D eigenvalue weighted by molar-refractivity contribution is 5.85. The molecule has 2 aliphatic rings. The van der Waals surface area contributed by atoms with Gasteiger partial charge in [-0.1, -0.05) is 0 Å². The highest BCUT2D eigenvalue weighted by atomic mass is 35.5. The third kappa shape index (κ3) is 5.57. The molecule has 2 saturated heterocycles. The van der Waals surface area contributed by atoms with Crippen LogP contribution in [-0.4, -0.2) is 73.7 Å². The van der Waals surface area contributed by atoms with Gasteiger partial charge in [0.2, 0.25) is 5.91 Å². The van der Waals surface area contributed by atoms with Crippen molar-refractivity contribution in [2.24, 2.45) is 0 Å². The van der Waals surface area contributed by atoms with E-state index in [0.717, 1.165) is 32.5 Å². The molecule has 1 N–H and O–H groups in total. The van der Waals surface area contributed by atoms with E-state index in [1.54, 1.807) is 0 Å². The van der Waals surface area contributed by atoms with E-state index >= 15 is 0 Å². The van der Waals surface area contributed by atoms with Crippen LogP contribution in [0.15, 0.2) is 0 Å². The van der Waals surface area contributed by atoms with E-state index in [-0.39, 0.29) is 36.8 Å². The van der Waals surface area contributed by atoms with Crippen LogP contribution in [0.3, 0.4) is 0 Å². The smallest absolute Gasteiger partial charge is 0.242 e. The summed E-state index contributed by atoms with van der Waals surface area (Å²) in [6.45, 7) is 8.64. The van der Waals surface area contributed by atoms with E-state index in [2.05, 4.69) is 24.1 Å². The van der Waals surface area contributed by atoms with Gasteiger partial charge >= 0.3 is 0 Å². The lowest BCUT2D eigenvalue weighted by Crippen LogP contribution is -2.55. The number of hydrogen-bond acceptors (Lipinski definition) is 4. The maximum absolute atomic E-state index is 12.4. The molecule has 5 nitrogen and oxygen atoms in total. The summed E-state index contributed by atoms with van der Waals surface area (Å²) in [5, 5.41) is 3.24. The summed E-state index contributed by atoms with van der Waals surface area (Å²) in [5.41, 5.74) is 0. The summed E-state index contributed by atoms with van der Waals surface area (Å²) in [4.78, 5) is 16.8. The standard InChI is InChI=1S/C14H27N3O2.2ClH/c1-11(2)17-7-4-12(5-8-17)16(3)14(18)13-10-19-9-6-15-13;;/h11-13,15H,4-10H2,1-3H3;2*1H. The van der Waals surface area contributed by atoms with Gasteiger partial charge in [-0.3, -0.25) is 4.79 Å². The zero-order valence-electron chi connectivity index (χ0n) is 13.2. The van der Waals surface area contributed by atoms with Crippen LogP contribution in [0.4, 0.5) is 0 Å². The van der Waals surface area contributed by atoms with Crippen LogP contribution < -0.4 is 5.32 Å². The Morgan fingerprint density at radius 2 is 1.90 bits per heavy atom. The first kappa shape index (κ1) is 20.9. The molecule has 126 valence electrons. The molecular formula is C14H29Cl2N3O2. The largest absolute Gasteiger partial charge is 0.378 e. The molecule has 21 heavy (non-hydrogen) atoms. The normalized spacial score (nSPS) is 24.1. The maximum Gasteiger partial charge on any atom is 0.242 e. The second kappa shape index (κ2) is 9.85. The number of halogens is 2. The summed E-state index contributed by atoms with van der Waals surface area (Å²) < 4.78 is 5.37. The van der Waals surface area contributed by atoms with Crippen molar-refractivity contribution in [2.75, 3.05) is 39.9 Å². The lowest BCUT2D eigenvalue weighted by molar-refractivity contribution is -0.138. The number of likely N-dealkylation sites (tertiary alicyclic amines) is 1. The van der Waals surface area contributed by atoms with E-state index in [1.165, 1.54) is 0 Å². The number of piperidine rings is 1. The Hall–Kier alpha value is -0.0700. The second-order valence-electron chi connectivity index (χ2n) is 5.89. The van der Waals surface area contributed by atoms with Crippen molar-refractivity contribution in [1.82, 2.24) is 15.1 Å². The van der Waals surface area contributed by atoms with E-state index in [9.17, 15) is 4.79 Å². The fraction of sp³-hybridized carbons (Fsp3) is 0.929. The minimum atomic E-state index is -0.151. The molecule has 2 rings (SSSR count). The number of likely N-dealkylation sites (N-methyl/N-ethyl adjacent to an activating group) is 1. The van der Waals surface area contributed by atoms with Crippen LogP contribution in [0.1, 0.15) is 26.7 Å². The topological polar surface area (TPSA) is 44.8 Å². The predicted octanol–water partition coefficient (Wildman–Crippen LogP) is 1.15. The fourth-order valence-electron chi connectivity index (χ4n) is 2.94. The molecule has 2 aliphatic heterocycles. The van der Waals surface area contributed by atoms with Crippen LogP contribution in [0.25, 0.3) is 0 Å². The first-order valence-electron chi connectivity index (χ1n) is 7.41. The van der Waals surface area contributed by atoms with Gasteiger partial charge in [0.15, 0.2) is 0 Å². The predicted molar refractivity (Wildman–Crippen MR) is 89.6 cm³/mol. The number of hydrogen-bond donors (Lipinski definition) is 1. The van der Waals surface area contributed by atoms with Crippen molar-refractivity contribution >= 4 is 30.7 Å². The lowest BCUT2D eigenvalue weighted by atomic mass is 10.0. The lowest BCUT2D eigenvalue weighted by Gasteiger charge is -2.39. The fourth-order valence-corrected chi connectivity index (χ4v) is 2.94. The minimum Gasteiger partial charge on any atom is -0.378 e. The van der Waals surface area contributed by atoms with Gasteiger partial charge in [0.25, 0.3) is 0 Å². The third-order valence-electron chi connectivity index (χ3n) is 4.34. The number of morpholine rings is 1. The molecular weight excluding hydrogens is 313 g/mol. The molecule has 0 aromatic carbocycles. The molecule has 0 saturated carbocycles. The van der Waals surface area contributed by atoms with Gasteiger partial charge in [-0.15, -0.1) is 24.8 Å². The number of nitrogens with one attached hydrogen (secondary N) is 1. The summed E-state index contributed by atoms with van der Waals surface area (Å²) in [5.74, 6) is 0.183. The second-order valence-corrected chi connectivity index (χ2v) is 5.89. The first-order chi connectivity index (χ1) is 9.09. The highest BCUT2D eigenvalue weighted by Gasteiger charge is 2.30. The summed E-state index contributed by atoms with van der Waals surface area (Å²) in [6.07, 6.45) is 2.15. The van der Waals surface area contributed by atoms with Crippen molar-refractivity contribution in [3.63, 3.8) is 0 Å². The zero-order chi connectivity index (χ0) is 13.8. The quantitative estimate of drug-likeness (QED) is 0.836. The zero-order valence-corrected chi connectivity index (χ0v) is 14.8. The molecule has 0 aromatic rings. The van der Waals surface area contributed by atoms with Crippen LogP contribution in [0, 0.1) is 0 Å².